The lowest BCUT2D eigenvalue weighted by Gasteiger charge is -2.15. The number of amides is 1. The summed E-state index contributed by atoms with van der Waals surface area (Å²) in [6, 6.07) is 12.8. The molecule has 0 bridgehead atoms. The lowest BCUT2D eigenvalue weighted by molar-refractivity contribution is -0.113. The maximum absolute atomic E-state index is 13.2. The normalized spacial score (nSPS) is 15.3. The van der Waals surface area contributed by atoms with E-state index in [9.17, 15) is 9.59 Å². The third kappa shape index (κ3) is 2.98. The molecule has 0 N–H and O–H groups in total. The van der Waals surface area contributed by atoms with E-state index in [-0.39, 0.29) is 11.5 Å². The zero-order valence-electron chi connectivity index (χ0n) is 15.7. The summed E-state index contributed by atoms with van der Waals surface area (Å²) in [6.07, 6.45) is 0.818. The average Bonchev–Trinajstić information content (AvgIpc) is 3.35. The van der Waals surface area contributed by atoms with Gasteiger partial charge >= 0.3 is 0 Å². The molecule has 2 aromatic heterocycles. The van der Waals surface area contributed by atoms with Crippen LogP contribution in [0.1, 0.15) is 18.9 Å². The van der Waals surface area contributed by atoms with Gasteiger partial charge in [0.2, 0.25) is 4.96 Å². The Morgan fingerprint density at radius 3 is 2.60 bits per heavy atom. The average molecular weight is 502 g/mol. The molecule has 0 radical (unpaired) electrons. The number of fused-ring (bicyclic) bond motifs is 2. The van der Waals surface area contributed by atoms with Gasteiger partial charge in [-0.3, -0.25) is 9.59 Å². The Hall–Kier alpha value is -2.55. The molecule has 6 nitrogen and oxygen atoms in total. The van der Waals surface area contributed by atoms with Crippen LogP contribution in [0.4, 0.5) is 5.69 Å². The molecule has 5 rings (SSSR count). The minimum absolute atomic E-state index is 0.163. The number of rotatable bonds is 3. The van der Waals surface area contributed by atoms with Crippen molar-refractivity contribution in [2.24, 2.45) is 0 Å². The fourth-order valence-corrected chi connectivity index (χ4v) is 5.06. The van der Waals surface area contributed by atoms with Crippen molar-refractivity contribution < 1.29 is 4.79 Å². The fraction of sp³-hybridized carbons (Fsp3) is 0.143. The molecule has 30 heavy (non-hydrogen) atoms. The Labute approximate surface area is 188 Å². The summed E-state index contributed by atoms with van der Waals surface area (Å²) in [7, 11) is 0. The SMILES string of the molecule is CCCN1C(=O)C(=c2sc3nc(-c4ccc(Cl)cc4)nn3c2=O)c2cc(Br)ccc21. The number of hydrogen-bond donors (Lipinski definition) is 0. The summed E-state index contributed by atoms with van der Waals surface area (Å²) in [5.41, 5.74) is 2.41. The molecule has 4 aromatic rings. The first-order chi connectivity index (χ1) is 14.5. The minimum atomic E-state index is -0.338. The molecule has 2 aromatic carbocycles. The van der Waals surface area contributed by atoms with Crippen molar-refractivity contribution in [3.05, 3.63) is 72.4 Å². The lowest BCUT2D eigenvalue weighted by atomic mass is 10.1. The Morgan fingerprint density at radius 1 is 1.13 bits per heavy atom. The number of carbonyl (C=O) groups is 1. The number of halogens is 2. The van der Waals surface area contributed by atoms with E-state index in [4.69, 9.17) is 11.6 Å². The second-order valence-corrected chi connectivity index (χ2v) is 9.20. The van der Waals surface area contributed by atoms with Crippen LogP contribution in [0.25, 0.3) is 21.9 Å². The van der Waals surface area contributed by atoms with E-state index in [2.05, 4.69) is 26.0 Å². The van der Waals surface area contributed by atoms with Crippen LogP contribution >= 0.6 is 38.9 Å². The molecule has 1 aliphatic rings. The van der Waals surface area contributed by atoms with Gasteiger partial charge in [0.15, 0.2) is 5.82 Å². The second kappa shape index (κ2) is 7.30. The minimum Gasteiger partial charge on any atom is -0.308 e. The highest BCUT2D eigenvalue weighted by Crippen LogP contribution is 2.37. The highest BCUT2D eigenvalue weighted by Gasteiger charge is 2.34. The molecule has 3 heterocycles. The summed E-state index contributed by atoms with van der Waals surface area (Å²) < 4.78 is 2.47. The Bertz CT molecular complexity index is 1430. The van der Waals surface area contributed by atoms with Crippen LogP contribution in [-0.2, 0) is 4.79 Å². The predicted octanol–water partition coefficient (Wildman–Crippen LogP) is 3.91. The summed E-state index contributed by atoms with van der Waals surface area (Å²) in [5, 5.41) is 4.99. The molecule has 150 valence electrons. The maximum Gasteiger partial charge on any atom is 0.291 e. The van der Waals surface area contributed by atoms with Gasteiger partial charge in [0.1, 0.15) is 4.53 Å². The summed E-state index contributed by atoms with van der Waals surface area (Å²) in [4.78, 5) is 33.1. The number of benzene rings is 2. The molecule has 0 unspecified atom stereocenters. The van der Waals surface area contributed by atoms with Gasteiger partial charge in [-0.2, -0.15) is 9.50 Å². The van der Waals surface area contributed by atoms with Crippen molar-refractivity contribution in [1.82, 2.24) is 14.6 Å². The van der Waals surface area contributed by atoms with Gasteiger partial charge in [-0.25, -0.2) is 0 Å². The van der Waals surface area contributed by atoms with Crippen LogP contribution in [0, 0.1) is 0 Å². The van der Waals surface area contributed by atoms with Gasteiger partial charge in [0.05, 0.1) is 11.3 Å². The molecular formula is C21H14BrClN4O2S. The van der Waals surface area contributed by atoms with Crippen molar-refractivity contribution in [3.63, 3.8) is 0 Å². The van der Waals surface area contributed by atoms with E-state index in [1.807, 2.05) is 25.1 Å². The van der Waals surface area contributed by atoms with E-state index in [1.54, 1.807) is 29.2 Å². The van der Waals surface area contributed by atoms with Crippen LogP contribution in [0.5, 0.6) is 0 Å². The standard InChI is InChI=1S/C21H14BrClN4O2S/c1-2-9-26-15-8-5-12(22)10-14(15)16(19(26)28)17-20(29)27-21(30-17)24-18(25-27)11-3-6-13(23)7-4-11/h3-8,10H,2,9H2,1H3. The molecule has 1 aliphatic heterocycles. The zero-order chi connectivity index (χ0) is 21.0. The molecule has 0 atom stereocenters. The summed E-state index contributed by atoms with van der Waals surface area (Å²) in [6.45, 7) is 2.61. The Kier molecular flexibility index (Phi) is 4.72. The van der Waals surface area contributed by atoms with E-state index in [1.165, 1.54) is 15.9 Å². The number of aromatic nitrogens is 3. The molecular weight excluding hydrogens is 488 g/mol. The van der Waals surface area contributed by atoms with Crippen LogP contribution < -0.4 is 15.0 Å². The van der Waals surface area contributed by atoms with Crippen LogP contribution in [-0.4, -0.2) is 27.0 Å². The van der Waals surface area contributed by atoms with E-state index in [0.717, 1.165) is 27.7 Å². The first-order valence-corrected chi connectivity index (χ1v) is 11.3. The lowest BCUT2D eigenvalue weighted by Crippen LogP contribution is -2.32. The zero-order valence-corrected chi connectivity index (χ0v) is 18.9. The van der Waals surface area contributed by atoms with E-state index >= 15 is 0 Å². The van der Waals surface area contributed by atoms with Gasteiger partial charge < -0.3 is 4.90 Å². The molecule has 0 spiro atoms. The van der Waals surface area contributed by atoms with Gasteiger partial charge in [-0.1, -0.05) is 45.8 Å². The predicted molar refractivity (Wildman–Crippen MR) is 122 cm³/mol. The van der Waals surface area contributed by atoms with Crippen molar-refractivity contribution in [1.29, 1.82) is 0 Å². The fourth-order valence-electron chi connectivity index (χ4n) is 3.57. The van der Waals surface area contributed by atoms with Gasteiger partial charge in [0, 0.05) is 27.2 Å². The third-order valence-corrected chi connectivity index (χ3v) is 6.69. The van der Waals surface area contributed by atoms with Gasteiger partial charge in [-0.15, -0.1) is 5.10 Å². The summed E-state index contributed by atoms with van der Waals surface area (Å²) in [5.74, 6) is 0.282. The third-order valence-electron chi connectivity index (χ3n) is 4.91. The quantitative estimate of drug-likeness (QED) is 0.427. The first-order valence-electron chi connectivity index (χ1n) is 9.29. The Balaban J connectivity index is 1.72. The molecule has 0 saturated carbocycles. The monoisotopic (exact) mass is 500 g/mol. The van der Waals surface area contributed by atoms with Crippen molar-refractivity contribution >= 4 is 61.0 Å². The van der Waals surface area contributed by atoms with Crippen molar-refractivity contribution in [3.8, 4) is 11.4 Å². The second-order valence-electron chi connectivity index (χ2n) is 6.87. The van der Waals surface area contributed by atoms with Crippen molar-refractivity contribution in [2.45, 2.75) is 13.3 Å². The number of thiazole rings is 1. The van der Waals surface area contributed by atoms with Gasteiger partial charge in [0.25, 0.3) is 11.5 Å². The van der Waals surface area contributed by atoms with Gasteiger partial charge in [-0.05, 0) is 48.9 Å². The summed E-state index contributed by atoms with van der Waals surface area (Å²) >= 11 is 10.6. The highest BCUT2D eigenvalue weighted by atomic mass is 79.9. The highest BCUT2D eigenvalue weighted by molar-refractivity contribution is 9.10. The van der Waals surface area contributed by atoms with Crippen LogP contribution in [0.15, 0.2) is 51.7 Å². The van der Waals surface area contributed by atoms with E-state index < -0.39 is 0 Å². The van der Waals surface area contributed by atoms with Crippen LogP contribution in [0.2, 0.25) is 5.02 Å². The molecule has 9 heteroatoms. The topological polar surface area (TPSA) is 67.6 Å². The first kappa shape index (κ1) is 19.4. The Morgan fingerprint density at radius 2 is 1.90 bits per heavy atom. The number of carbonyl (C=O) groups excluding carboxylic acids is 1. The maximum atomic E-state index is 13.2. The smallest absolute Gasteiger partial charge is 0.291 e. The largest absolute Gasteiger partial charge is 0.308 e. The number of anilines is 1. The van der Waals surface area contributed by atoms with Crippen molar-refractivity contribution in [2.75, 3.05) is 11.4 Å². The molecule has 0 fully saturated rings. The number of nitrogens with zero attached hydrogens (tertiary/aromatic N) is 4. The van der Waals surface area contributed by atoms with Crippen LogP contribution in [0.3, 0.4) is 0 Å². The molecule has 1 amide bonds. The van der Waals surface area contributed by atoms with E-state index in [0.29, 0.717) is 32.5 Å². The molecule has 0 aliphatic carbocycles. The molecule has 0 saturated heterocycles. The number of hydrogen-bond acceptors (Lipinski definition) is 5.